The molecule has 106 valence electrons. The van der Waals surface area contributed by atoms with Gasteiger partial charge in [0.1, 0.15) is 6.54 Å². The second-order valence-electron chi connectivity index (χ2n) is 6.09. The van der Waals surface area contributed by atoms with Crippen LogP contribution in [0.3, 0.4) is 0 Å². The average Bonchev–Trinajstić information content (AvgIpc) is 2.22. The number of hydrogen-bond acceptors (Lipinski definition) is 2. The Morgan fingerprint density at radius 2 is 1.83 bits per heavy atom. The zero-order chi connectivity index (χ0) is 14.3. The van der Waals surface area contributed by atoms with E-state index in [4.69, 9.17) is 5.11 Å². The maximum atomic E-state index is 12.0. The molecule has 0 saturated carbocycles. The first-order chi connectivity index (χ1) is 8.17. The van der Waals surface area contributed by atoms with Gasteiger partial charge in [-0.05, 0) is 31.6 Å². The summed E-state index contributed by atoms with van der Waals surface area (Å²) in [4.78, 5) is 24.3. The van der Waals surface area contributed by atoms with Crippen molar-refractivity contribution < 1.29 is 14.7 Å². The average molecular weight is 257 g/mol. The van der Waals surface area contributed by atoms with Gasteiger partial charge in [0.2, 0.25) is 5.91 Å². The van der Waals surface area contributed by atoms with Crippen LogP contribution in [-0.4, -0.2) is 34.5 Å². The molecule has 4 heteroatoms. The van der Waals surface area contributed by atoms with Crippen LogP contribution in [0, 0.1) is 5.41 Å². The van der Waals surface area contributed by atoms with E-state index in [9.17, 15) is 9.59 Å². The van der Waals surface area contributed by atoms with Crippen molar-refractivity contribution in [3.05, 3.63) is 0 Å². The molecule has 0 aliphatic rings. The Kier molecular flexibility index (Phi) is 6.96. The molecular formula is C14H27NO3. The van der Waals surface area contributed by atoms with Gasteiger partial charge in [-0.3, -0.25) is 9.59 Å². The third-order valence-electron chi connectivity index (χ3n) is 3.07. The van der Waals surface area contributed by atoms with Gasteiger partial charge in [0.15, 0.2) is 0 Å². The molecule has 0 aromatic heterocycles. The Labute approximate surface area is 110 Å². The molecule has 1 unspecified atom stereocenters. The SMILES string of the molecule is CCC(C)N(CC(=O)O)C(=O)CCCC(C)(C)C. The number of carbonyl (C=O) groups is 2. The van der Waals surface area contributed by atoms with E-state index in [0.717, 1.165) is 19.3 Å². The van der Waals surface area contributed by atoms with Gasteiger partial charge in [0.05, 0.1) is 0 Å². The maximum Gasteiger partial charge on any atom is 0.323 e. The number of carboxylic acid groups (broad SMARTS) is 1. The van der Waals surface area contributed by atoms with Crippen molar-refractivity contribution >= 4 is 11.9 Å². The lowest BCUT2D eigenvalue weighted by atomic mass is 9.90. The highest BCUT2D eigenvalue weighted by atomic mass is 16.4. The van der Waals surface area contributed by atoms with Gasteiger partial charge in [0.25, 0.3) is 0 Å². The van der Waals surface area contributed by atoms with Crippen molar-refractivity contribution in [3.8, 4) is 0 Å². The molecule has 0 fully saturated rings. The highest BCUT2D eigenvalue weighted by Gasteiger charge is 2.21. The van der Waals surface area contributed by atoms with Crippen molar-refractivity contribution in [1.82, 2.24) is 4.90 Å². The molecule has 1 N–H and O–H groups in total. The number of aliphatic carboxylic acids is 1. The quantitative estimate of drug-likeness (QED) is 0.763. The van der Waals surface area contributed by atoms with Gasteiger partial charge < -0.3 is 10.0 Å². The number of carboxylic acids is 1. The monoisotopic (exact) mass is 257 g/mol. The van der Waals surface area contributed by atoms with Crippen LogP contribution in [0.5, 0.6) is 0 Å². The van der Waals surface area contributed by atoms with Crippen molar-refractivity contribution in [2.45, 2.75) is 66.3 Å². The summed E-state index contributed by atoms with van der Waals surface area (Å²) >= 11 is 0. The standard InChI is InChI=1S/C14H27NO3/c1-6-11(2)15(10-13(17)18)12(16)8-7-9-14(3,4)5/h11H,6-10H2,1-5H3,(H,17,18). The first kappa shape index (κ1) is 16.9. The lowest BCUT2D eigenvalue weighted by molar-refractivity contribution is -0.146. The van der Waals surface area contributed by atoms with Gasteiger partial charge in [-0.1, -0.05) is 27.7 Å². The summed E-state index contributed by atoms with van der Waals surface area (Å²) in [5.74, 6) is -0.990. The molecule has 0 aromatic rings. The Morgan fingerprint density at radius 1 is 1.28 bits per heavy atom. The van der Waals surface area contributed by atoms with E-state index < -0.39 is 5.97 Å². The molecular weight excluding hydrogens is 230 g/mol. The summed E-state index contributed by atoms with van der Waals surface area (Å²) in [6.45, 7) is 10.1. The summed E-state index contributed by atoms with van der Waals surface area (Å²) in [5.41, 5.74) is 0.217. The summed E-state index contributed by atoms with van der Waals surface area (Å²) in [6.07, 6.45) is 3.00. The lowest BCUT2D eigenvalue weighted by Crippen LogP contribution is -2.41. The number of rotatable bonds is 7. The Balaban J connectivity index is 4.34. The minimum Gasteiger partial charge on any atom is -0.480 e. The van der Waals surface area contributed by atoms with Crippen molar-refractivity contribution in [3.63, 3.8) is 0 Å². The van der Waals surface area contributed by atoms with E-state index in [1.165, 1.54) is 4.90 Å². The van der Waals surface area contributed by atoms with Gasteiger partial charge in [0, 0.05) is 12.5 Å². The third kappa shape index (κ3) is 7.30. The van der Waals surface area contributed by atoms with Gasteiger partial charge in [-0.15, -0.1) is 0 Å². The highest BCUT2D eigenvalue weighted by Crippen LogP contribution is 2.22. The summed E-state index contributed by atoms with van der Waals surface area (Å²) in [7, 11) is 0. The van der Waals surface area contributed by atoms with Crippen molar-refractivity contribution in [1.29, 1.82) is 0 Å². The fourth-order valence-corrected chi connectivity index (χ4v) is 1.77. The maximum absolute atomic E-state index is 12.0. The molecule has 1 amide bonds. The molecule has 0 rings (SSSR count). The second-order valence-corrected chi connectivity index (χ2v) is 6.09. The predicted octanol–water partition coefficient (Wildman–Crippen LogP) is 2.91. The Hall–Kier alpha value is -1.06. The topological polar surface area (TPSA) is 57.6 Å². The summed E-state index contributed by atoms with van der Waals surface area (Å²) in [6, 6.07) is -0.0109. The Morgan fingerprint density at radius 3 is 2.22 bits per heavy atom. The molecule has 0 aliphatic carbocycles. The third-order valence-corrected chi connectivity index (χ3v) is 3.07. The fourth-order valence-electron chi connectivity index (χ4n) is 1.77. The van der Waals surface area contributed by atoms with E-state index in [-0.39, 0.29) is 23.9 Å². The highest BCUT2D eigenvalue weighted by molar-refractivity contribution is 5.81. The van der Waals surface area contributed by atoms with Crippen LogP contribution in [0.25, 0.3) is 0 Å². The van der Waals surface area contributed by atoms with Crippen LogP contribution in [0.15, 0.2) is 0 Å². The van der Waals surface area contributed by atoms with Crippen LogP contribution < -0.4 is 0 Å². The van der Waals surface area contributed by atoms with Crippen molar-refractivity contribution in [2.24, 2.45) is 5.41 Å². The van der Waals surface area contributed by atoms with Crippen LogP contribution in [0.2, 0.25) is 0 Å². The fraction of sp³-hybridized carbons (Fsp3) is 0.857. The molecule has 0 spiro atoms. The van der Waals surface area contributed by atoms with Crippen LogP contribution in [-0.2, 0) is 9.59 Å². The molecule has 0 aliphatic heterocycles. The number of amides is 1. The van der Waals surface area contributed by atoms with E-state index >= 15 is 0 Å². The number of hydrogen-bond donors (Lipinski definition) is 1. The molecule has 0 aromatic carbocycles. The predicted molar refractivity (Wildman–Crippen MR) is 72.4 cm³/mol. The van der Waals surface area contributed by atoms with Crippen LogP contribution in [0.4, 0.5) is 0 Å². The van der Waals surface area contributed by atoms with E-state index in [1.54, 1.807) is 0 Å². The van der Waals surface area contributed by atoms with E-state index in [1.807, 2.05) is 13.8 Å². The minimum absolute atomic E-state index is 0.0109. The normalized spacial score (nSPS) is 13.2. The molecule has 18 heavy (non-hydrogen) atoms. The van der Waals surface area contributed by atoms with Crippen LogP contribution >= 0.6 is 0 Å². The van der Waals surface area contributed by atoms with Crippen LogP contribution in [0.1, 0.15) is 60.3 Å². The van der Waals surface area contributed by atoms with Crippen molar-refractivity contribution in [2.75, 3.05) is 6.54 Å². The van der Waals surface area contributed by atoms with E-state index in [0.29, 0.717) is 6.42 Å². The lowest BCUT2D eigenvalue weighted by Gasteiger charge is -2.27. The second kappa shape index (κ2) is 7.39. The first-order valence-corrected chi connectivity index (χ1v) is 6.68. The van der Waals surface area contributed by atoms with Gasteiger partial charge >= 0.3 is 5.97 Å². The molecule has 4 nitrogen and oxygen atoms in total. The zero-order valence-electron chi connectivity index (χ0n) is 12.3. The van der Waals surface area contributed by atoms with Gasteiger partial charge in [-0.2, -0.15) is 0 Å². The van der Waals surface area contributed by atoms with E-state index in [2.05, 4.69) is 20.8 Å². The smallest absolute Gasteiger partial charge is 0.323 e. The first-order valence-electron chi connectivity index (χ1n) is 6.68. The molecule has 1 atom stereocenters. The molecule has 0 radical (unpaired) electrons. The van der Waals surface area contributed by atoms with Gasteiger partial charge in [-0.25, -0.2) is 0 Å². The number of carbonyl (C=O) groups excluding carboxylic acids is 1. The largest absolute Gasteiger partial charge is 0.480 e. The summed E-state index contributed by atoms with van der Waals surface area (Å²) < 4.78 is 0. The molecule has 0 heterocycles. The minimum atomic E-state index is -0.945. The molecule has 0 saturated heterocycles. The molecule has 0 bridgehead atoms. The Bertz CT molecular complexity index is 281. The summed E-state index contributed by atoms with van der Waals surface area (Å²) in [5, 5.41) is 8.84. The number of nitrogens with zero attached hydrogens (tertiary/aromatic N) is 1. The zero-order valence-corrected chi connectivity index (χ0v) is 12.3.